The van der Waals surface area contributed by atoms with E-state index in [0.29, 0.717) is 11.7 Å². The molecule has 0 atom stereocenters. The maximum atomic E-state index is 5.30. The third-order valence-corrected chi connectivity index (χ3v) is 4.73. The van der Waals surface area contributed by atoms with Crippen molar-refractivity contribution < 1.29 is 4.74 Å². The number of para-hydroxylation sites is 1. The Morgan fingerprint density at radius 1 is 1.07 bits per heavy atom. The maximum Gasteiger partial charge on any atom is 0.191 e. The van der Waals surface area contributed by atoms with Gasteiger partial charge in [0.1, 0.15) is 11.6 Å². The molecule has 0 aliphatic carbocycles. The molecule has 0 saturated carbocycles. The molecule has 0 fully saturated rings. The second-order valence-corrected chi connectivity index (χ2v) is 6.67. The van der Waals surface area contributed by atoms with Crippen molar-refractivity contribution in [3.05, 3.63) is 66.4 Å². The minimum atomic E-state index is 0.633. The van der Waals surface area contributed by atoms with E-state index in [4.69, 9.17) is 4.74 Å². The summed E-state index contributed by atoms with van der Waals surface area (Å²) in [6.07, 6.45) is 3.77. The Balaban J connectivity index is 1.71. The highest BCUT2D eigenvalue weighted by Crippen LogP contribution is 2.26. The van der Waals surface area contributed by atoms with Crippen molar-refractivity contribution in [2.24, 2.45) is 0 Å². The van der Waals surface area contributed by atoms with Crippen LogP contribution in [0.3, 0.4) is 0 Å². The van der Waals surface area contributed by atoms with Crippen molar-refractivity contribution in [1.29, 1.82) is 0 Å². The van der Waals surface area contributed by atoms with Gasteiger partial charge in [-0.1, -0.05) is 42.1 Å². The van der Waals surface area contributed by atoms with Crippen LogP contribution in [0.1, 0.15) is 5.56 Å². The van der Waals surface area contributed by atoms with Gasteiger partial charge in [-0.05, 0) is 36.1 Å². The summed E-state index contributed by atoms with van der Waals surface area (Å²) in [5.74, 6) is 1.61. The molecule has 4 rings (SSSR count). The van der Waals surface area contributed by atoms with Crippen LogP contribution in [0.25, 0.3) is 16.7 Å². The number of nitrogens with one attached hydrogen (secondary N) is 1. The van der Waals surface area contributed by atoms with E-state index >= 15 is 0 Å². The lowest BCUT2D eigenvalue weighted by Crippen LogP contribution is -2.05. The van der Waals surface area contributed by atoms with E-state index in [-0.39, 0.29) is 0 Å². The van der Waals surface area contributed by atoms with Crippen LogP contribution in [0.2, 0.25) is 0 Å². The summed E-state index contributed by atoms with van der Waals surface area (Å²) in [6, 6.07) is 18.0. The van der Waals surface area contributed by atoms with E-state index in [1.54, 1.807) is 13.3 Å². The van der Waals surface area contributed by atoms with E-state index < -0.39 is 0 Å². The van der Waals surface area contributed by atoms with Crippen molar-refractivity contribution in [2.45, 2.75) is 11.7 Å². The van der Waals surface area contributed by atoms with Gasteiger partial charge in [-0.3, -0.25) is 0 Å². The summed E-state index contributed by atoms with van der Waals surface area (Å²) in [7, 11) is 1.67. The lowest BCUT2D eigenvalue weighted by atomic mass is 10.2. The number of rotatable bonds is 6. The van der Waals surface area contributed by atoms with Crippen LogP contribution in [-0.2, 0) is 6.54 Å². The molecule has 2 aromatic heterocycles. The van der Waals surface area contributed by atoms with E-state index in [0.717, 1.165) is 33.9 Å². The minimum absolute atomic E-state index is 0.633. The molecule has 1 N–H and O–H groups in total. The summed E-state index contributed by atoms with van der Waals surface area (Å²) in [6.45, 7) is 0.633. The lowest BCUT2D eigenvalue weighted by molar-refractivity contribution is 0.414. The molecule has 0 aliphatic rings. The van der Waals surface area contributed by atoms with Crippen LogP contribution in [0.4, 0.5) is 5.82 Å². The fourth-order valence-corrected chi connectivity index (χ4v) is 3.20. The molecule has 0 spiro atoms. The number of benzene rings is 2. The van der Waals surface area contributed by atoms with Crippen molar-refractivity contribution in [3.8, 4) is 11.4 Å². The molecule has 7 heteroatoms. The zero-order chi connectivity index (χ0) is 18.6. The fraction of sp³-hybridized carbons (Fsp3) is 0.150. The van der Waals surface area contributed by atoms with Crippen LogP contribution < -0.4 is 10.1 Å². The number of aromatic nitrogens is 4. The van der Waals surface area contributed by atoms with E-state index in [1.807, 2.05) is 59.5 Å². The molecule has 0 unspecified atom stereocenters. The number of hydrogen-bond acceptors (Lipinski definition) is 6. The Morgan fingerprint density at radius 3 is 2.70 bits per heavy atom. The summed E-state index contributed by atoms with van der Waals surface area (Å²) in [4.78, 5) is 9.31. The molecule has 136 valence electrons. The monoisotopic (exact) mass is 377 g/mol. The fourth-order valence-electron chi connectivity index (χ4n) is 2.84. The van der Waals surface area contributed by atoms with Crippen LogP contribution >= 0.6 is 11.8 Å². The highest BCUT2D eigenvalue weighted by Gasteiger charge is 2.13. The van der Waals surface area contributed by atoms with Crippen LogP contribution in [0, 0.1) is 0 Å². The van der Waals surface area contributed by atoms with E-state index in [1.165, 1.54) is 11.8 Å². The molecular weight excluding hydrogens is 358 g/mol. The van der Waals surface area contributed by atoms with Crippen molar-refractivity contribution in [2.75, 3.05) is 18.7 Å². The van der Waals surface area contributed by atoms with Gasteiger partial charge in [0.2, 0.25) is 0 Å². The molecule has 0 saturated heterocycles. The summed E-state index contributed by atoms with van der Waals surface area (Å²) >= 11 is 1.51. The van der Waals surface area contributed by atoms with E-state index in [9.17, 15) is 0 Å². The van der Waals surface area contributed by atoms with E-state index in [2.05, 4.69) is 26.4 Å². The summed E-state index contributed by atoms with van der Waals surface area (Å²) in [5, 5.41) is 9.54. The highest BCUT2D eigenvalue weighted by molar-refractivity contribution is 7.98. The van der Waals surface area contributed by atoms with Gasteiger partial charge in [0.05, 0.1) is 24.4 Å². The van der Waals surface area contributed by atoms with Gasteiger partial charge in [-0.15, -0.1) is 0 Å². The molecule has 27 heavy (non-hydrogen) atoms. The van der Waals surface area contributed by atoms with Crippen molar-refractivity contribution >= 4 is 28.6 Å². The zero-order valence-corrected chi connectivity index (χ0v) is 15.9. The van der Waals surface area contributed by atoms with Gasteiger partial charge >= 0.3 is 0 Å². The third kappa shape index (κ3) is 3.59. The number of thioether (sulfide) groups is 1. The molecule has 0 amide bonds. The Hall–Kier alpha value is -3.06. The summed E-state index contributed by atoms with van der Waals surface area (Å²) < 4.78 is 7.14. The first-order valence-electron chi connectivity index (χ1n) is 8.50. The first kappa shape index (κ1) is 17.4. The zero-order valence-electron chi connectivity index (χ0n) is 15.1. The average Bonchev–Trinajstić information content (AvgIpc) is 3.16. The van der Waals surface area contributed by atoms with Crippen LogP contribution in [0.15, 0.2) is 66.0 Å². The predicted molar refractivity (Wildman–Crippen MR) is 109 cm³/mol. The number of nitrogens with zero attached hydrogens (tertiary/aromatic N) is 4. The van der Waals surface area contributed by atoms with Gasteiger partial charge in [0, 0.05) is 6.54 Å². The molecule has 2 aromatic carbocycles. The third-order valence-electron chi connectivity index (χ3n) is 4.19. The quantitative estimate of drug-likeness (QED) is 0.402. The Bertz CT molecular complexity index is 1060. The maximum absolute atomic E-state index is 5.30. The molecule has 6 nitrogen and oxygen atoms in total. The SMILES string of the molecule is COc1cccc(CNc2nc(SC)nc3c2cnn3-c2ccccc2)c1. The lowest BCUT2D eigenvalue weighted by Gasteiger charge is -2.10. The highest BCUT2D eigenvalue weighted by atomic mass is 32.2. The smallest absolute Gasteiger partial charge is 0.191 e. The Labute approximate surface area is 161 Å². The van der Waals surface area contributed by atoms with Crippen LogP contribution in [-0.4, -0.2) is 33.1 Å². The van der Waals surface area contributed by atoms with Crippen molar-refractivity contribution in [3.63, 3.8) is 0 Å². The Kier molecular flexibility index (Phi) is 4.93. The number of fused-ring (bicyclic) bond motifs is 1. The molecule has 2 heterocycles. The van der Waals surface area contributed by atoms with Crippen molar-refractivity contribution in [1.82, 2.24) is 19.7 Å². The second kappa shape index (κ2) is 7.67. The van der Waals surface area contributed by atoms with Crippen LogP contribution in [0.5, 0.6) is 5.75 Å². The molecule has 0 radical (unpaired) electrons. The number of methoxy groups -OCH3 is 1. The number of anilines is 1. The normalized spacial score (nSPS) is 10.9. The first-order chi connectivity index (χ1) is 13.3. The molecule has 0 bridgehead atoms. The first-order valence-corrected chi connectivity index (χ1v) is 9.73. The minimum Gasteiger partial charge on any atom is -0.497 e. The Morgan fingerprint density at radius 2 is 1.93 bits per heavy atom. The standard InChI is InChI=1S/C20H19N5OS/c1-26-16-10-6-7-14(11-16)12-21-18-17-13-22-25(15-8-4-3-5-9-15)19(17)24-20(23-18)27-2/h3-11,13H,12H2,1-2H3,(H,21,23,24). The second-order valence-electron chi connectivity index (χ2n) is 5.89. The topological polar surface area (TPSA) is 64.9 Å². The van der Waals surface area contributed by atoms with Gasteiger partial charge < -0.3 is 10.1 Å². The molecule has 0 aliphatic heterocycles. The van der Waals surface area contributed by atoms with Gasteiger partial charge in [-0.25, -0.2) is 14.6 Å². The van der Waals surface area contributed by atoms with Gasteiger partial charge in [-0.2, -0.15) is 5.10 Å². The predicted octanol–water partition coefficient (Wildman–Crippen LogP) is 4.16. The number of ether oxygens (including phenoxy) is 1. The molecular formula is C20H19N5OS. The van der Waals surface area contributed by atoms with Gasteiger partial charge in [0.15, 0.2) is 10.8 Å². The number of hydrogen-bond donors (Lipinski definition) is 1. The van der Waals surface area contributed by atoms with Gasteiger partial charge in [0.25, 0.3) is 0 Å². The average molecular weight is 377 g/mol. The largest absolute Gasteiger partial charge is 0.497 e. The molecule has 4 aromatic rings. The summed E-state index contributed by atoms with van der Waals surface area (Å²) in [5.41, 5.74) is 2.87.